The van der Waals surface area contributed by atoms with E-state index in [1.807, 2.05) is 30.3 Å². The Labute approximate surface area is 150 Å². The van der Waals surface area contributed by atoms with Crippen molar-refractivity contribution in [3.63, 3.8) is 0 Å². The summed E-state index contributed by atoms with van der Waals surface area (Å²) in [6.07, 6.45) is 1.51. The molecule has 0 spiro atoms. The van der Waals surface area contributed by atoms with Crippen LogP contribution in [0.15, 0.2) is 36.5 Å². The van der Waals surface area contributed by atoms with E-state index < -0.39 is 5.97 Å². The average molecular weight is 357 g/mol. The van der Waals surface area contributed by atoms with Crippen LogP contribution in [0.3, 0.4) is 0 Å². The number of hydrogen-bond donors (Lipinski definition) is 1. The average Bonchev–Trinajstić information content (AvgIpc) is 2.62. The summed E-state index contributed by atoms with van der Waals surface area (Å²) in [5, 5.41) is 9.08. The number of aromatic nitrogens is 2. The van der Waals surface area contributed by atoms with Crippen molar-refractivity contribution in [2.75, 3.05) is 18.1 Å². The molecule has 1 N–H and O–H groups in total. The number of benzene rings is 1. The molecular weight excluding hydrogens is 338 g/mol. The molecule has 1 aliphatic heterocycles. The Morgan fingerprint density at radius 1 is 1.32 bits per heavy atom. The number of thioether (sulfide) groups is 1. The van der Waals surface area contributed by atoms with Gasteiger partial charge in [0.15, 0.2) is 5.82 Å². The van der Waals surface area contributed by atoms with Gasteiger partial charge >= 0.3 is 5.97 Å². The number of hydrogen-bond acceptors (Lipinski definition) is 5. The van der Waals surface area contributed by atoms with Crippen molar-refractivity contribution >= 4 is 23.6 Å². The summed E-state index contributed by atoms with van der Waals surface area (Å²) in [4.78, 5) is 34.4. The van der Waals surface area contributed by atoms with Gasteiger partial charge in [-0.1, -0.05) is 30.3 Å². The van der Waals surface area contributed by atoms with Crippen LogP contribution >= 0.6 is 11.8 Å². The van der Waals surface area contributed by atoms with Gasteiger partial charge < -0.3 is 10.0 Å². The molecule has 0 radical (unpaired) electrons. The molecule has 0 bridgehead atoms. The lowest BCUT2D eigenvalue weighted by Crippen LogP contribution is -2.47. The van der Waals surface area contributed by atoms with Crippen molar-refractivity contribution in [2.45, 2.75) is 19.4 Å². The monoisotopic (exact) mass is 357 g/mol. The topological polar surface area (TPSA) is 83.4 Å². The molecule has 1 aromatic heterocycles. The van der Waals surface area contributed by atoms with Crippen LogP contribution in [0.4, 0.5) is 0 Å². The van der Waals surface area contributed by atoms with Crippen molar-refractivity contribution in [3.8, 4) is 11.4 Å². The molecule has 130 valence electrons. The molecule has 1 saturated heterocycles. The van der Waals surface area contributed by atoms with Gasteiger partial charge in [0.2, 0.25) is 0 Å². The van der Waals surface area contributed by atoms with Gasteiger partial charge in [-0.05, 0) is 6.92 Å². The molecule has 1 unspecified atom stereocenters. The van der Waals surface area contributed by atoms with Crippen LogP contribution in [0.2, 0.25) is 0 Å². The Morgan fingerprint density at radius 3 is 2.76 bits per heavy atom. The third-order valence-electron chi connectivity index (χ3n) is 4.14. The molecule has 25 heavy (non-hydrogen) atoms. The fraction of sp³-hybridized carbons (Fsp3) is 0.333. The first kappa shape index (κ1) is 17.4. The number of aryl methyl sites for hydroxylation is 1. The Morgan fingerprint density at radius 2 is 2.08 bits per heavy atom. The molecule has 1 amide bonds. The van der Waals surface area contributed by atoms with E-state index >= 15 is 0 Å². The molecule has 1 atom stereocenters. The maximum Gasteiger partial charge on any atom is 0.305 e. The fourth-order valence-electron chi connectivity index (χ4n) is 2.85. The van der Waals surface area contributed by atoms with Crippen molar-refractivity contribution in [1.82, 2.24) is 14.9 Å². The number of carboxylic acids is 1. The maximum atomic E-state index is 12.9. The van der Waals surface area contributed by atoms with Gasteiger partial charge in [0.1, 0.15) is 0 Å². The predicted octanol–water partition coefficient (Wildman–Crippen LogP) is 2.48. The Kier molecular flexibility index (Phi) is 5.33. The zero-order valence-electron chi connectivity index (χ0n) is 13.9. The Hall–Kier alpha value is -2.41. The molecule has 3 rings (SSSR count). The van der Waals surface area contributed by atoms with Gasteiger partial charge in [-0.25, -0.2) is 9.97 Å². The van der Waals surface area contributed by atoms with E-state index in [0.29, 0.717) is 29.4 Å². The lowest BCUT2D eigenvalue weighted by atomic mass is 10.1. The fourth-order valence-corrected chi connectivity index (χ4v) is 3.91. The van der Waals surface area contributed by atoms with Crippen LogP contribution < -0.4 is 0 Å². The number of rotatable bonds is 4. The minimum Gasteiger partial charge on any atom is -0.481 e. The van der Waals surface area contributed by atoms with Gasteiger partial charge in [0.05, 0.1) is 23.7 Å². The Bertz CT molecular complexity index is 782. The molecule has 1 aromatic carbocycles. The quantitative estimate of drug-likeness (QED) is 0.905. The largest absolute Gasteiger partial charge is 0.481 e. The molecule has 0 aliphatic carbocycles. The summed E-state index contributed by atoms with van der Waals surface area (Å²) in [5.74, 6) is 0.941. The highest BCUT2D eigenvalue weighted by Crippen LogP contribution is 2.23. The molecule has 0 saturated carbocycles. The molecule has 1 aliphatic rings. The van der Waals surface area contributed by atoms with Crippen molar-refractivity contribution < 1.29 is 14.7 Å². The number of carbonyl (C=O) groups excluding carboxylic acids is 1. The smallest absolute Gasteiger partial charge is 0.305 e. The standard InChI is InChI=1S/C18H19N3O3S/c1-12-15(10-19-17(20-12)13-5-3-2-4-6-13)18(24)21-7-8-25-11-14(21)9-16(22)23/h2-6,10,14H,7-9,11H2,1H3,(H,22,23). The number of nitrogens with zero attached hydrogens (tertiary/aromatic N) is 3. The molecule has 2 aromatic rings. The minimum atomic E-state index is -0.891. The SMILES string of the molecule is Cc1nc(-c2ccccc2)ncc1C(=O)N1CCSCC1CC(=O)O. The second kappa shape index (κ2) is 7.65. The van der Waals surface area contributed by atoms with Gasteiger partial charge in [0, 0.05) is 29.8 Å². The summed E-state index contributed by atoms with van der Waals surface area (Å²) in [7, 11) is 0. The number of aliphatic carboxylic acids is 1. The van der Waals surface area contributed by atoms with Crippen LogP contribution in [0.1, 0.15) is 22.5 Å². The molecular formula is C18H19N3O3S. The lowest BCUT2D eigenvalue weighted by molar-refractivity contribution is -0.138. The van der Waals surface area contributed by atoms with Gasteiger partial charge in [-0.3, -0.25) is 9.59 Å². The molecule has 1 fully saturated rings. The third-order valence-corrected chi connectivity index (χ3v) is 5.23. The first-order valence-corrected chi connectivity index (χ1v) is 9.21. The van der Waals surface area contributed by atoms with Crippen LogP contribution in [0.25, 0.3) is 11.4 Å². The second-order valence-corrected chi connectivity index (χ2v) is 7.03. The summed E-state index contributed by atoms with van der Waals surface area (Å²) in [5.41, 5.74) is 1.93. The lowest BCUT2D eigenvalue weighted by Gasteiger charge is -2.34. The van der Waals surface area contributed by atoms with Crippen LogP contribution in [-0.4, -0.2) is 55.9 Å². The van der Waals surface area contributed by atoms with Crippen LogP contribution in [0.5, 0.6) is 0 Å². The predicted molar refractivity (Wildman–Crippen MR) is 96.6 cm³/mol. The summed E-state index contributed by atoms with van der Waals surface area (Å²) >= 11 is 1.68. The van der Waals surface area contributed by atoms with E-state index in [4.69, 9.17) is 5.11 Å². The highest BCUT2D eigenvalue weighted by atomic mass is 32.2. The maximum absolute atomic E-state index is 12.9. The van der Waals surface area contributed by atoms with Gasteiger partial charge in [0.25, 0.3) is 5.91 Å². The van der Waals surface area contributed by atoms with Crippen LogP contribution in [0, 0.1) is 6.92 Å². The highest BCUT2D eigenvalue weighted by molar-refractivity contribution is 7.99. The van der Waals surface area contributed by atoms with E-state index in [9.17, 15) is 9.59 Å². The van der Waals surface area contributed by atoms with E-state index in [2.05, 4.69) is 9.97 Å². The highest BCUT2D eigenvalue weighted by Gasteiger charge is 2.30. The van der Waals surface area contributed by atoms with Gasteiger partial charge in [-0.2, -0.15) is 11.8 Å². The first-order valence-electron chi connectivity index (χ1n) is 8.06. The third kappa shape index (κ3) is 3.99. The van der Waals surface area contributed by atoms with E-state index in [1.54, 1.807) is 29.8 Å². The second-order valence-electron chi connectivity index (χ2n) is 5.88. The van der Waals surface area contributed by atoms with Crippen LogP contribution in [-0.2, 0) is 4.79 Å². The van der Waals surface area contributed by atoms with Crippen molar-refractivity contribution in [3.05, 3.63) is 47.8 Å². The van der Waals surface area contributed by atoms with Gasteiger partial charge in [-0.15, -0.1) is 0 Å². The van der Waals surface area contributed by atoms with E-state index in [0.717, 1.165) is 11.3 Å². The van der Waals surface area contributed by atoms with Crippen molar-refractivity contribution in [2.24, 2.45) is 0 Å². The first-order chi connectivity index (χ1) is 12.1. The summed E-state index contributed by atoms with van der Waals surface area (Å²) < 4.78 is 0. The molecule has 2 heterocycles. The molecule has 6 nitrogen and oxygen atoms in total. The minimum absolute atomic E-state index is 0.0409. The zero-order chi connectivity index (χ0) is 17.8. The number of carboxylic acid groups (broad SMARTS) is 1. The van der Waals surface area contributed by atoms with E-state index in [1.165, 1.54) is 0 Å². The molecule has 7 heteroatoms. The summed E-state index contributed by atoms with van der Waals surface area (Å²) in [6.45, 7) is 2.33. The summed E-state index contributed by atoms with van der Waals surface area (Å²) in [6, 6.07) is 9.29. The Balaban J connectivity index is 1.85. The number of carbonyl (C=O) groups is 2. The van der Waals surface area contributed by atoms with E-state index in [-0.39, 0.29) is 18.4 Å². The van der Waals surface area contributed by atoms with Crippen molar-refractivity contribution in [1.29, 1.82) is 0 Å². The normalized spacial score (nSPS) is 17.3. The zero-order valence-corrected chi connectivity index (χ0v) is 14.7. The number of amides is 1.